The molecule has 4 rings (SSSR count). The number of fused-ring (bicyclic) bond motifs is 1. The summed E-state index contributed by atoms with van der Waals surface area (Å²) in [6, 6.07) is 21.9. The van der Waals surface area contributed by atoms with Gasteiger partial charge in [0.05, 0.1) is 0 Å². The number of para-hydroxylation sites is 2. The van der Waals surface area contributed by atoms with Gasteiger partial charge in [0, 0.05) is 49.0 Å². The minimum Gasteiger partial charge on any atom is -1.00 e. The highest BCUT2D eigenvalue weighted by Crippen LogP contribution is 2.14. The van der Waals surface area contributed by atoms with Crippen LogP contribution in [0.25, 0.3) is 23.2 Å². The normalized spacial score (nSPS) is 12.1. The van der Waals surface area contributed by atoms with Gasteiger partial charge >= 0.3 is 0 Å². The van der Waals surface area contributed by atoms with Crippen molar-refractivity contribution >= 4 is 46.1 Å². The van der Waals surface area contributed by atoms with Crippen LogP contribution in [0.4, 0.5) is 5.69 Å². The van der Waals surface area contributed by atoms with Gasteiger partial charge in [0.25, 0.3) is 5.56 Å². The molecule has 0 aliphatic heterocycles. The first-order valence-corrected chi connectivity index (χ1v) is 11.5. The molecule has 0 fully saturated rings. The number of anilines is 1. The van der Waals surface area contributed by atoms with E-state index in [2.05, 4.69) is 41.8 Å². The van der Waals surface area contributed by atoms with Gasteiger partial charge in [-0.25, -0.2) is 0 Å². The molecule has 2 aromatic heterocycles. The lowest BCUT2D eigenvalue weighted by Crippen LogP contribution is -3.00. The van der Waals surface area contributed by atoms with E-state index in [0.29, 0.717) is 11.1 Å². The molecular weight excluding hydrogens is 545 g/mol. The van der Waals surface area contributed by atoms with Crippen LogP contribution in [0.3, 0.4) is 0 Å². The second-order valence-electron chi connectivity index (χ2n) is 7.41. The molecule has 0 aliphatic carbocycles. The van der Waals surface area contributed by atoms with Crippen LogP contribution in [-0.4, -0.2) is 10.5 Å². The monoisotopic (exact) mass is 571 g/mol. The van der Waals surface area contributed by atoms with Gasteiger partial charge in [0.2, 0.25) is 17.1 Å². The van der Waals surface area contributed by atoms with Crippen molar-refractivity contribution in [1.82, 2.24) is 4.57 Å². The molecule has 33 heavy (non-hydrogen) atoms. The molecule has 0 spiro atoms. The van der Waals surface area contributed by atoms with Crippen molar-refractivity contribution in [1.29, 1.82) is 0 Å². The van der Waals surface area contributed by atoms with E-state index in [1.54, 1.807) is 10.8 Å². The van der Waals surface area contributed by atoms with Gasteiger partial charge in [0.1, 0.15) is 15.7 Å². The lowest BCUT2D eigenvalue weighted by atomic mass is 10.2. The molecule has 4 aromatic rings. The summed E-state index contributed by atoms with van der Waals surface area (Å²) in [5.74, 6) is -0.143. The topological polar surface area (TPSA) is 46.2 Å². The maximum atomic E-state index is 13.1. The van der Waals surface area contributed by atoms with Crippen molar-refractivity contribution in [2.24, 2.45) is 0 Å². The fraction of sp³-hybridized carbons (Fsp3) is 0.192. The molecule has 0 radical (unpaired) electrons. The van der Waals surface area contributed by atoms with Crippen molar-refractivity contribution in [3.63, 3.8) is 0 Å². The number of hydrogen-bond acceptors (Lipinski definition) is 3. The highest BCUT2D eigenvalue weighted by Gasteiger charge is 2.14. The first-order valence-electron chi connectivity index (χ1n) is 10.7. The number of aromatic nitrogens is 2. The minimum atomic E-state index is -0.143. The molecule has 2 aromatic carbocycles. The summed E-state index contributed by atoms with van der Waals surface area (Å²) in [5.41, 5.74) is 2.84. The standard InChI is InChI=1S/C26H26N3O2S.HI/c1-4-27-22(16-15-20-11-9-10-14-23(20)27)17-25-28(5-2)26(31)24(32-25)18-29(19(3)30)21-12-7-6-8-13-21;/h6-18H,4-5H2,1-3H3;1H/q+1;/p-1/b24-18+;. The van der Waals surface area contributed by atoms with Gasteiger partial charge < -0.3 is 24.0 Å². The van der Waals surface area contributed by atoms with Crippen molar-refractivity contribution in [3.05, 3.63) is 92.0 Å². The van der Waals surface area contributed by atoms with E-state index in [-0.39, 0.29) is 35.4 Å². The Morgan fingerprint density at radius 3 is 2.39 bits per heavy atom. The van der Waals surface area contributed by atoms with Crippen molar-refractivity contribution in [2.45, 2.75) is 33.9 Å². The molecule has 0 saturated carbocycles. The van der Waals surface area contributed by atoms with Gasteiger partial charge in [-0.05, 0) is 38.1 Å². The van der Waals surface area contributed by atoms with Crippen LogP contribution in [0, 0.1) is 0 Å². The molecule has 1 amide bonds. The molecule has 0 N–H and O–H groups in total. The average molecular weight is 571 g/mol. The predicted molar refractivity (Wildman–Crippen MR) is 131 cm³/mol. The Hall–Kier alpha value is -2.78. The van der Waals surface area contributed by atoms with Crippen LogP contribution in [0.1, 0.15) is 26.5 Å². The number of halogens is 1. The number of pyridine rings is 1. The van der Waals surface area contributed by atoms with Crippen molar-refractivity contribution < 1.29 is 33.3 Å². The molecule has 0 unspecified atom stereocenters. The van der Waals surface area contributed by atoms with Gasteiger partial charge in [-0.3, -0.25) is 19.1 Å². The molecule has 7 heteroatoms. The zero-order valence-corrected chi connectivity index (χ0v) is 21.8. The third-order valence-corrected chi connectivity index (χ3v) is 6.48. The fourth-order valence-electron chi connectivity index (χ4n) is 3.87. The smallest absolute Gasteiger partial charge is 0.270 e. The van der Waals surface area contributed by atoms with Crippen molar-refractivity contribution in [2.75, 3.05) is 4.90 Å². The number of amides is 1. The van der Waals surface area contributed by atoms with E-state index < -0.39 is 0 Å². The molecule has 0 saturated heterocycles. The van der Waals surface area contributed by atoms with Gasteiger partial charge in [-0.1, -0.05) is 30.3 Å². The number of nitrogens with zero attached hydrogens (tertiary/aromatic N) is 3. The summed E-state index contributed by atoms with van der Waals surface area (Å²) in [4.78, 5) is 27.0. The first-order chi connectivity index (χ1) is 15.5. The van der Waals surface area contributed by atoms with E-state index in [4.69, 9.17) is 0 Å². The number of thiazole rings is 1. The number of benzene rings is 2. The SMILES string of the molecule is CCn1c(=O)/c(=C\N(C(C)=O)c2ccccc2)s/c1=C\c1ccc2ccccc2[n+]1CC.[I-]. The second kappa shape index (κ2) is 10.9. The number of aryl methyl sites for hydroxylation is 1. The molecule has 170 valence electrons. The summed E-state index contributed by atoms with van der Waals surface area (Å²) < 4.78 is 5.39. The second-order valence-corrected chi connectivity index (χ2v) is 8.48. The van der Waals surface area contributed by atoms with Gasteiger partial charge in [-0.2, -0.15) is 4.57 Å². The third-order valence-electron chi connectivity index (χ3n) is 5.43. The maximum Gasteiger partial charge on any atom is 0.270 e. The molecule has 0 atom stereocenters. The van der Waals surface area contributed by atoms with Crippen molar-refractivity contribution in [3.8, 4) is 0 Å². The fourth-order valence-corrected chi connectivity index (χ4v) is 4.95. The summed E-state index contributed by atoms with van der Waals surface area (Å²) in [7, 11) is 0. The number of rotatable bonds is 5. The molecule has 2 heterocycles. The Bertz CT molecular complexity index is 1460. The average Bonchev–Trinajstić information content (AvgIpc) is 3.11. The number of hydrogen-bond donors (Lipinski definition) is 0. The number of carbonyl (C=O) groups excluding carboxylic acids is 1. The maximum absolute atomic E-state index is 13.1. The quantitative estimate of drug-likeness (QED) is 0.251. The summed E-state index contributed by atoms with van der Waals surface area (Å²) in [5, 5.41) is 1.18. The summed E-state index contributed by atoms with van der Waals surface area (Å²) >= 11 is 1.40. The first kappa shape index (κ1) is 24.9. The van der Waals surface area contributed by atoms with Crippen LogP contribution in [-0.2, 0) is 17.9 Å². The zero-order chi connectivity index (χ0) is 22.7. The Morgan fingerprint density at radius 2 is 1.73 bits per heavy atom. The predicted octanol–water partition coefficient (Wildman–Crippen LogP) is 0.0142. The van der Waals surface area contributed by atoms with E-state index >= 15 is 0 Å². The summed E-state index contributed by atoms with van der Waals surface area (Å²) in [6.45, 7) is 6.96. The van der Waals surface area contributed by atoms with Crippen LogP contribution in [0.15, 0.2) is 71.5 Å². The van der Waals surface area contributed by atoms with E-state index in [1.807, 2.05) is 49.4 Å². The highest BCUT2D eigenvalue weighted by atomic mass is 127. The Balaban J connectivity index is 0.00000306. The van der Waals surface area contributed by atoms with Crippen LogP contribution in [0.5, 0.6) is 0 Å². The number of carbonyl (C=O) groups is 1. The lowest BCUT2D eigenvalue weighted by Gasteiger charge is -2.15. The molecule has 0 bridgehead atoms. The molecule has 0 aliphatic rings. The molecular formula is C26H26IN3O2S. The van der Waals surface area contributed by atoms with E-state index in [1.165, 1.54) is 28.5 Å². The van der Waals surface area contributed by atoms with Crippen LogP contribution in [0.2, 0.25) is 0 Å². The summed E-state index contributed by atoms with van der Waals surface area (Å²) in [6.07, 6.45) is 3.71. The Kier molecular flexibility index (Phi) is 8.20. The van der Waals surface area contributed by atoms with E-state index in [0.717, 1.165) is 28.1 Å². The van der Waals surface area contributed by atoms with Crippen LogP contribution < -0.4 is 48.2 Å². The van der Waals surface area contributed by atoms with E-state index in [9.17, 15) is 9.59 Å². The highest BCUT2D eigenvalue weighted by molar-refractivity contribution is 7.07. The van der Waals surface area contributed by atoms with Crippen LogP contribution >= 0.6 is 11.3 Å². The minimum absolute atomic E-state index is 0. The Labute approximate surface area is 213 Å². The third kappa shape index (κ3) is 5.09. The lowest BCUT2D eigenvalue weighted by molar-refractivity contribution is -0.669. The van der Waals surface area contributed by atoms with Gasteiger partial charge in [0.15, 0.2) is 0 Å². The van der Waals surface area contributed by atoms with Gasteiger partial charge in [-0.15, -0.1) is 11.3 Å². The molecule has 5 nitrogen and oxygen atoms in total. The largest absolute Gasteiger partial charge is 1.00 e. The zero-order valence-electron chi connectivity index (χ0n) is 18.9. The Morgan fingerprint density at radius 1 is 1.03 bits per heavy atom.